The Hall–Kier alpha value is -2.59. The highest BCUT2D eigenvalue weighted by molar-refractivity contribution is 7.99. The van der Waals surface area contributed by atoms with Crippen LogP contribution in [0.4, 0.5) is 18.9 Å². The van der Waals surface area contributed by atoms with E-state index in [0.29, 0.717) is 11.0 Å². The summed E-state index contributed by atoms with van der Waals surface area (Å²) in [5.41, 5.74) is -0.222. The Kier molecular flexibility index (Phi) is 5.66. The minimum Gasteiger partial charge on any atom is -0.324 e. The number of thioether (sulfide) groups is 1. The predicted octanol–water partition coefficient (Wildman–Crippen LogP) is 4.27. The molecule has 0 radical (unpaired) electrons. The molecule has 0 aliphatic carbocycles. The van der Waals surface area contributed by atoms with Crippen molar-refractivity contribution in [2.75, 3.05) is 11.1 Å². The molecule has 3 rings (SSSR count). The molecular weight excluding hydrogens is 403 g/mol. The van der Waals surface area contributed by atoms with Crippen molar-refractivity contribution < 1.29 is 18.0 Å². The predicted molar refractivity (Wildman–Crippen MR) is 95.4 cm³/mol. The first-order valence-corrected chi connectivity index (χ1v) is 8.81. The van der Waals surface area contributed by atoms with Gasteiger partial charge in [0.1, 0.15) is 0 Å². The second-order valence-electron chi connectivity index (χ2n) is 5.23. The number of hydrogen-bond acceptors (Lipinski definition) is 5. The van der Waals surface area contributed by atoms with Crippen LogP contribution in [-0.2, 0) is 11.0 Å². The maximum atomic E-state index is 12.8. The molecule has 0 aliphatic rings. The molecule has 2 aromatic heterocycles. The van der Waals surface area contributed by atoms with Gasteiger partial charge in [0.05, 0.1) is 22.0 Å². The summed E-state index contributed by atoms with van der Waals surface area (Å²) in [6.07, 6.45) is -1.31. The Morgan fingerprint density at radius 1 is 1.22 bits per heavy atom. The van der Waals surface area contributed by atoms with E-state index in [1.165, 1.54) is 0 Å². The van der Waals surface area contributed by atoms with Crippen LogP contribution in [-0.4, -0.2) is 31.8 Å². The first-order chi connectivity index (χ1) is 12.8. The zero-order valence-electron chi connectivity index (χ0n) is 13.4. The Morgan fingerprint density at radius 3 is 2.67 bits per heavy atom. The second-order valence-corrected chi connectivity index (χ2v) is 6.58. The van der Waals surface area contributed by atoms with Gasteiger partial charge in [-0.25, -0.2) is 4.98 Å². The van der Waals surface area contributed by atoms with Crippen LogP contribution in [0.15, 0.2) is 47.9 Å². The summed E-state index contributed by atoms with van der Waals surface area (Å²) in [5, 5.41) is 9.43. The second kappa shape index (κ2) is 7.97. The number of benzene rings is 1. The number of amides is 1. The molecule has 0 saturated heterocycles. The minimum atomic E-state index is -4.53. The average Bonchev–Trinajstić information content (AvgIpc) is 3.11. The number of aromatic amines is 1. The van der Waals surface area contributed by atoms with Gasteiger partial charge in [0, 0.05) is 18.0 Å². The fourth-order valence-electron chi connectivity index (χ4n) is 2.06. The van der Waals surface area contributed by atoms with Crippen molar-refractivity contribution in [2.24, 2.45) is 0 Å². The van der Waals surface area contributed by atoms with Gasteiger partial charge in [-0.1, -0.05) is 23.4 Å². The van der Waals surface area contributed by atoms with E-state index >= 15 is 0 Å². The van der Waals surface area contributed by atoms with Crippen LogP contribution in [0.1, 0.15) is 5.56 Å². The van der Waals surface area contributed by atoms with Crippen LogP contribution in [0.5, 0.6) is 0 Å². The van der Waals surface area contributed by atoms with Crippen molar-refractivity contribution in [3.05, 3.63) is 53.3 Å². The number of hydrogen-bond donors (Lipinski definition) is 2. The van der Waals surface area contributed by atoms with Crippen molar-refractivity contribution >= 4 is 35.0 Å². The highest BCUT2D eigenvalue weighted by Gasteiger charge is 2.31. The smallest absolute Gasteiger partial charge is 0.324 e. The summed E-state index contributed by atoms with van der Waals surface area (Å²) in [4.78, 5) is 20.2. The number of carbonyl (C=O) groups excluding carboxylic acids is 1. The van der Waals surface area contributed by atoms with Gasteiger partial charge in [0.25, 0.3) is 0 Å². The number of anilines is 1. The van der Waals surface area contributed by atoms with Crippen molar-refractivity contribution in [1.82, 2.24) is 20.2 Å². The maximum Gasteiger partial charge on any atom is 0.416 e. The van der Waals surface area contributed by atoms with E-state index in [4.69, 9.17) is 11.6 Å². The molecule has 1 aromatic carbocycles. The molecule has 2 N–H and O–H groups in total. The number of aromatic nitrogens is 4. The van der Waals surface area contributed by atoms with Gasteiger partial charge in [-0.2, -0.15) is 13.2 Å². The van der Waals surface area contributed by atoms with Gasteiger partial charge in [-0.05, 0) is 30.3 Å². The summed E-state index contributed by atoms with van der Waals surface area (Å²) >= 11 is 6.89. The molecule has 0 aliphatic heterocycles. The van der Waals surface area contributed by atoms with Gasteiger partial charge in [0.15, 0.2) is 5.82 Å². The molecule has 0 fully saturated rings. The number of halogens is 4. The molecular formula is C16H11ClF3N5OS. The highest BCUT2D eigenvalue weighted by atomic mass is 35.5. The van der Waals surface area contributed by atoms with Crippen LogP contribution in [0, 0.1) is 0 Å². The fraction of sp³-hybridized carbons (Fsp3) is 0.125. The molecule has 27 heavy (non-hydrogen) atoms. The number of H-pyrrole nitrogens is 1. The van der Waals surface area contributed by atoms with Crippen LogP contribution >= 0.6 is 23.4 Å². The number of nitrogens with zero attached hydrogens (tertiary/aromatic N) is 3. The normalized spacial score (nSPS) is 11.4. The van der Waals surface area contributed by atoms with Gasteiger partial charge < -0.3 is 5.32 Å². The molecule has 2 heterocycles. The standard InChI is InChI=1S/C16H11ClF3N5OS/c17-11-2-1-10(16(18,19)20)7-12(11)22-13(26)8-27-15-23-14(24-25-15)9-3-5-21-6-4-9/h1-7H,8H2,(H,22,26)(H,23,24,25). The summed E-state index contributed by atoms with van der Waals surface area (Å²) in [6.45, 7) is 0. The third kappa shape index (κ3) is 4.98. The lowest BCUT2D eigenvalue weighted by Crippen LogP contribution is -2.15. The summed E-state index contributed by atoms with van der Waals surface area (Å²) in [6, 6.07) is 6.22. The topological polar surface area (TPSA) is 83.6 Å². The van der Waals surface area contributed by atoms with Crippen LogP contribution < -0.4 is 5.32 Å². The van der Waals surface area contributed by atoms with E-state index in [2.05, 4.69) is 25.5 Å². The zero-order chi connectivity index (χ0) is 19.4. The van der Waals surface area contributed by atoms with E-state index < -0.39 is 17.6 Å². The summed E-state index contributed by atoms with van der Waals surface area (Å²) in [7, 11) is 0. The lowest BCUT2D eigenvalue weighted by atomic mass is 10.2. The van der Waals surface area contributed by atoms with Crippen molar-refractivity contribution in [3.8, 4) is 11.4 Å². The molecule has 0 bridgehead atoms. The van der Waals surface area contributed by atoms with Gasteiger partial charge in [-0.3, -0.25) is 14.9 Å². The van der Waals surface area contributed by atoms with Crippen molar-refractivity contribution in [3.63, 3.8) is 0 Å². The Balaban J connectivity index is 1.62. The lowest BCUT2D eigenvalue weighted by molar-refractivity contribution is -0.137. The number of nitrogens with one attached hydrogen (secondary N) is 2. The van der Waals surface area contributed by atoms with Crippen molar-refractivity contribution in [1.29, 1.82) is 0 Å². The molecule has 0 unspecified atom stereocenters. The molecule has 6 nitrogen and oxygen atoms in total. The number of carbonyl (C=O) groups is 1. The molecule has 3 aromatic rings. The van der Waals surface area contributed by atoms with E-state index in [1.807, 2.05) is 0 Å². The van der Waals surface area contributed by atoms with Gasteiger partial charge >= 0.3 is 6.18 Å². The third-order valence-corrected chi connectivity index (χ3v) is 4.50. The van der Waals surface area contributed by atoms with Gasteiger partial charge in [0.2, 0.25) is 11.1 Å². The Morgan fingerprint density at radius 2 is 1.96 bits per heavy atom. The van der Waals surface area contributed by atoms with E-state index in [9.17, 15) is 18.0 Å². The third-order valence-electron chi connectivity index (χ3n) is 3.32. The molecule has 0 saturated carbocycles. The Bertz CT molecular complexity index is 949. The first-order valence-electron chi connectivity index (χ1n) is 7.45. The molecule has 1 amide bonds. The number of alkyl halides is 3. The molecule has 0 spiro atoms. The number of rotatable bonds is 5. The lowest BCUT2D eigenvalue weighted by Gasteiger charge is -2.11. The molecule has 11 heteroatoms. The zero-order valence-corrected chi connectivity index (χ0v) is 15.0. The molecule has 0 atom stereocenters. The average molecular weight is 414 g/mol. The van der Waals surface area contributed by atoms with E-state index in [0.717, 1.165) is 35.5 Å². The van der Waals surface area contributed by atoms with Crippen LogP contribution in [0.25, 0.3) is 11.4 Å². The minimum absolute atomic E-state index is 0.0132. The monoisotopic (exact) mass is 413 g/mol. The summed E-state index contributed by atoms with van der Waals surface area (Å²) < 4.78 is 38.3. The molecule has 140 valence electrons. The van der Waals surface area contributed by atoms with E-state index in [1.54, 1.807) is 24.5 Å². The summed E-state index contributed by atoms with van der Waals surface area (Å²) in [5.74, 6) is -0.113. The number of pyridine rings is 1. The first kappa shape index (κ1) is 19.2. The quantitative estimate of drug-likeness (QED) is 0.610. The largest absolute Gasteiger partial charge is 0.416 e. The SMILES string of the molecule is O=C(CSc1n[nH]c(-c2ccncc2)n1)Nc1cc(C(F)(F)F)ccc1Cl. The van der Waals surface area contributed by atoms with Gasteiger partial charge in [-0.15, -0.1) is 5.10 Å². The maximum absolute atomic E-state index is 12.8. The van der Waals surface area contributed by atoms with Crippen molar-refractivity contribution in [2.45, 2.75) is 11.3 Å². The van der Waals surface area contributed by atoms with Crippen LogP contribution in [0.2, 0.25) is 5.02 Å². The highest BCUT2D eigenvalue weighted by Crippen LogP contribution is 2.33. The fourth-order valence-corrected chi connectivity index (χ4v) is 2.83. The van der Waals surface area contributed by atoms with Crippen LogP contribution in [0.3, 0.4) is 0 Å². The van der Waals surface area contributed by atoms with E-state index in [-0.39, 0.29) is 16.5 Å². The Labute approximate surface area is 160 Å².